The van der Waals surface area contributed by atoms with Crippen molar-refractivity contribution in [2.24, 2.45) is 5.84 Å². The van der Waals surface area contributed by atoms with Crippen LogP contribution in [0.5, 0.6) is 0 Å². The molecule has 0 aromatic carbocycles. The van der Waals surface area contributed by atoms with Crippen LogP contribution >= 0.6 is 0 Å². The van der Waals surface area contributed by atoms with E-state index in [0.717, 1.165) is 24.2 Å². The molecule has 0 amide bonds. The summed E-state index contributed by atoms with van der Waals surface area (Å²) in [5.74, 6) is 5.91. The van der Waals surface area contributed by atoms with Crippen molar-refractivity contribution in [1.29, 1.82) is 0 Å². The Morgan fingerprint density at radius 3 is 2.71 bits per heavy atom. The minimum absolute atomic E-state index is 0.442. The fourth-order valence-corrected chi connectivity index (χ4v) is 1.42. The molecule has 0 saturated carbocycles. The fourth-order valence-electron chi connectivity index (χ4n) is 1.42. The first-order valence-corrected chi connectivity index (χ1v) is 5.14. The maximum atomic E-state index is 5.47. The Morgan fingerprint density at radius 2 is 2.21 bits per heavy atom. The summed E-state index contributed by atoms with van der Waals surface area (Å²) in [6.07, 6.45) is 4.05. The van der Waals surface area contributed by atoms with Crippen LogP contribution in [0.2, 0.25) is 0 Å². The Balaban J connectivity index is 2.98. The van der Waals surface area contributed by atoms with Crippen LogP contribution in [-0.4, -0.2) is 4.98 Å². The molecule has 14 heavy (non-hydrogen) atoms. The summed E-state index contributed by atoms with van der Waals surface area (Å²) in [7, 11) is 0. The second-order valence-electron chi connectivity index (χ2n) is 3.82. The van der Waals surface area contributed by atoms with Crippen molar-refractivity contribution in [3.8, 4) is 0 Å². The number of nitrogens with one attached hydrogen (secondary N) is 1. The number of anilines is 1. The summed E-state index contributed by atoms with van der Waals surface area (Å²) in [4.78, 5) is 4.41. The van der Waals surface area contributed by atoms with Gasteiger partial charge in [-0.2, -0.15) is 0 Å². The van der Waals surface area contributed by atoms with E-state index in [1.807, 2.05) is 12.3 Å². The van der Waals surface area contributed by atoms with Crippen LogP contribution in [0.15, 0.2) is 12.3 Å². The third-order valence-corrected chi connectivity index (χ3v) is 2.27. The molecule has 1 aromatic rings. The Morgan fingerprint density at radius 1 is 1.50 bits per heavy atom. The molecule has 0 radical (unpaired) electrons. The van der Waals surface area contributed by atoms with Gasteiger partial charge in [-0.3, -0.25) is 10.8 Å². The highest BCUT2D eigenvalue weighted by Gasteiger charge is 2.05. The standard InChI is InChI=1S/C11H19N3/c1-4-5-9-7-13-10(8(2)3)6-11(9)14-12/h6-8H,4-5,12H2,1-3H3,(H,13,14). The van der Waals surface area contributed by atoms with Crippen LogP contribution in [0.3, 0.4) is 0 Å². The van der Waals surface area contributed by atoms with E-state index in [4.69, 9.17) is 5.84 Å². The first-order chi connectivity index (χ1) is 6.69. The highest BCUT2D eigenvalue weighted by atomic mass is 15.2. The third kappa shape index (κ3) is 2.45. The van der Waals surface area contributed by atoms with Crippen LogP contribution < -0.4 is 11.3 Å². The van der Waals surface area contributed by atoms with E-state index in [9.17, 15) is 0 Å². The Bertz CT molecular complexity index is 295. The van der Waals surface area contributed by atoms with Crippen molar-refractivity contribution in [3.63, 3.8) is 0 Å². The molecule has 3 N–H and O–H groups in total. The minimum atomic E-state index is 0.442. The van der Waals surface area contributed by atoms with Crippen LogP contribution in [0.4, 0.5) is 5.69 Å². The normalized spacial score (nSPS) is 10.6. The lowest BCUT2D eigenvalue weighted by Gasteiger charge is -2.11. The lowest BCUT2D eigenvalue weighted by molar-refractivity contribution is 0.814. The number of hydrogen-bond donors (Lipinski definition) is 2. The number of pyridine rings is 1. The zero-order valence-electron chi connectivity index (χ0n) is 9.17. The maximum Gasteiger partial charge on any atom is 0.0550 e. The number of rotatable bonds is 4. The lowest BCUT2D eigenvalue weighted by Crippen LogP contribution is -2.10. The van der Waals surface area contributed by atoms with Gasteiger partial charge in [-0.1, -0.05) is 27.2 Å². The summed E-state index contributed by atoms with van der Waals surface area (Å²) < 4.78 is 0. The second kappa shape index (κ2) is 4.96. The molecule has 0 bridgehead atoms. The van der Waals surface area contributed by atoms with Crippen molar-refractivity contribution < 1.29 is 0 Å². The molecule has 1 aromatic heterocycles. The van der Waals surface area contributed by atoms with Gasteiger partial charge < -0.3 is 5.43 Å². The predicted octanol–water partition coefficient (Wildman–Crippen LogP) is 2.44. The SMILES string of the molecule is CCCc1cnc(C(C)C)cc1NN. The van der Waals surface area contributed by atoms with E-state index in [-0.39, 0.29) is 0 Å². The fraction of sp³-hybridized carbons (Fsp3) is 0.545. The molecular formula is C11H19N3. The molecule has 3 nitrogen and oxygen atoms in total. The quantitative estimate of drug-likeness (QED) is 0.570. The molecule has 78 valence electrons. The summed E-state index contributed by atoms with van der Waals surface area (Å²) in [5, 5.41) is 0. The molecule has 3 heteroatoms. The lowest BCUT2D eigenvalue weighted by atomic mass is 10.1. The van der Waals surface area contributed by atoms with Gasteiger partial charge in [0.1, 0.15) is 0 Å². The van der Waals surface area contributed by atoms with Crippen LogP contribution in [0.25, 0.3) is 0 Å². The van der Waals surface area contributed by atoms with E-state index in [0.29, 0.717) is 5.92 Å². The van der Waals surface area contributed by atoms with Gasteiger partial charge in [0, 0.05) is 11.9 Å². The molecule has 0 fully saturated rings. The van der Waals surface area contributed by atoms with Crippen LogP contribution in [0.1, 0.15) is 44.4 Å². The topological polar surface area (TPSA) is 50.9 Å². The van der Waals surface area contributed by atoms with E-state index < -0.39 is 0 Å². The highest BCUT2D eigenvalue weighted by Crippen LogP contribution is 2.20. The Hall–Kier alpha value is -1.09. The van der Waals surface area contributed by atoms with Gasteiger partial charge in [0.05, 0.1) is 5.69 Å². The number of nitrogens with zero attached hydrogens (tertiary/aromatic N) is 1. The molecule has 0 saturated heterocycles. The first-order valence-electron chi connectivity index (χ1n) is 5.14. The molecule has 0 aliphatic heterocycles. The number of hydrazine groups is 1. The number of nitrogen functional groups attached to an aromatic ring is 1. The number of aryl methyl sites for hydroxylation is 1. The third-order valence-electron chi connectivity index (χ3n) is 2.27. The minimum Gasteiger partial charge on any atom is -0.324 e. The highest BCUT2D eigenvalue weighted by molar-refractivity contribution is 5.50. The molecule has 0 aliphatic rings. The predicted molar refractivity (Wildman–Crippen MR) is 60.1 cm³/mol. The first kappa shape index (κ1) is 11.0. The van der Waals surface area contributed by atoms with E-state index in [1.54, 1.807) is 0 Å². The zero-order valence-corrected chi connectivity index (χ0v) is 9.17. The molecule has 0 unspecified atom stereocenters. The van der Waals surface area contributed by atoms with Gasteiger partial charge in [-0.05, 0) is 24.0 Å². The largest absolute Gasteiger partial charge is 0.324 e. The molecule has 1 heterocycles. The van der Waals surface area contributed by atoms with Crippen molar-refractivity contribution in [2.75, 3.05) is 5.43 Å². The van der Waals surface area contributed by atoms with Gasteiger partial charge in [0.15, 0.2) is 0 Å². The van der Waals surface area contributed by atoms with Gasteiger partial charge in [0.25, 0.3) is 0 Å². The van der Waals surface area contributed by atoms with Gasteiger partial charge in [0.2, 0.25) is 0 Å². The smallest absolute Gasteiger partial charge is 0.0550 e. The number of hydrogen-bond acceptors (Lipinski definition) is 3. The molecule has 0 atom stereocenters. The average Bonchev–Trinajstić information content (AvgIpc) is 2.18. The number of nitrogens with two attached hydrogens (primary N) is 1. The summed E-state index contributed by atoms with van der Waals surface area (Å²) in [5.41, 5.74) is 6.02. The second-order valence-corrected chi connectivity index (χ2v) is 3.82. The average molecular weight is 193 g/mol. The van der Waals surface area contributed by atoms with Gasteiger partial charge in [-0.15, -0.1) is 0 Å². The van der Waals surface area contributed by atoms with E-state index in [1.165, 1.54) is 5.56 Å². The van der Waals surface area contributed by atoms with Crippen molar-refractivity contribution >= 4 is 5.69 Å². The van der Waals surface area contributed by atoms with E-state index in [2.05, 4.69) is 31.2 Å². The molecule has 0 spiro atoms. The molecule has 1 rings (SSSR count). The number of aromatic nitrogens is 1. The van der Waals surface area contributed by atoms with Crippen LogP contribution in [-0.2, 0) is 6.42 Å². The van der Waals surface area contributed by atoms with Crippen molar-refractivity contribution in [1.82, 2.24) is 4.98 Å². The summed E-state index contributed by atoms with van der Waals surface area (Å²) in [6.45, 7) is 6.40. The maximum absolute atomic E-state index is 5.47. The Kier molecular flexibility index (Phi) is 3.89. The summed E-state index contributed by atoms with van der Waals surface area (Å²) in [6, 6.07) is 2.04. The van der Waals surface area contributed by atoms with E-state index >= 15 is 0 Å². The zero-order chi connectivity index (χ0) is 10.6. The van der Waals surface area contributed by atoms with Gasteiger partial charge in [-0.25, -0.2) is 0 Å². The summed E-state index contributed by atoms with van der Waals surface area (Å²) >= 11 is 0. The van der Waals surface area contributed by atoms with Crippen LogP contribution in [0, 0.1) is 0 Å². The molecule has 0 aliphatic carbocycles. The monoisotopic (exact) mass is 193 g/mol. The molecular weight excluding hydrogens is 174 g/mol. The van der Waals surface area contributed by atoms with Crippen molar-refractivity contribution in [3.05, 3.63) is 23.5 Å². The van der Waals surface area contributed by atoms with Crippen molar-refractivity contribution in [2.45, 2.75) is 39.5 Å². The van der Waals surface area contributed by atoms with Gasteiger partial charge >= 0.3 is 0 Å². The Labute approximate surface area is 85.7 Å².